The SMILES string of the molecule is Oc1cc(-c2ccc(F)c(F)c2)ccc1Cl. The average molecular weight is 241 g/mol. The topological polar surface area (TPSA) is 20.2 Å². The van der Waals surface area contributed by atoms with Crippen LogP contribution in [0.2, 0.25) is 5.02 Å². The molecular weight excluding hydrogens is 234 g/mol. The van der Waals surface area contributed by atoms with Crippen LogP contribution in [0.5, 0.6) is 5.75 Å². The number of phenols is 1. The maximum absolute atomic E-state index is 13.0. The Morgan fingerprint density at radius 2 is 1.50 bits per heavy atom. The molecule has 1 nitrogen and oxygen atoms in total. The quantitative estimate of drug-likeness (QED) is 0.799. The van der Waals surface area contributed by atoms with Crippen molar-refractivity contribution in [2.24, 2.45) is 0 Å². The first-order valence-corrected chi connectivity index (χ1v) is 4.89. The third kappa shape index (κ3) is 1.99. The van der Waals surface area contributed by atoms with Crippen LogP contribution in [-0.2, 0) is 0 Å². The van der Waals surface area contributed by atoms with Gasteiger partial charge in [-0.25, -0.2) is 8.78 Å². The van der Waals surface area contributed by atoms with Gasteiger partial charge in [0.05, 0.1) is 5.02 Å². The molecule has 0 bridgehead atoms. The second kappa shape index (κ2) is 4.10. The summed E-state index contributed by atoms with van der Waals surface area (Å²) in [5, 5.41) is 9.60. The van der Waals surface area contributed by atoms with Crippen LogP contribution in [0, 0.1) is 11.6 Å². The third-order valence-corrected chi connectivity index (χ3v) is 2.52. The zero-order valence-corrected chi connectivity index (χ0v) is 8.80. The van der Waals surface area contributed by atoms with Gasteiger partial charge in [0.25, 0.3) is 0 Å². The molecule has 1 N–H and O–H groups in total. The zero-order valence-electron chi connectivity index (χ0n) is 8.05. The largest absolute Gasteiger partial charge is 0.506 e. The lowest BCUT2D eigenvalue weighted by Gasteiger charge is -2.04. The van der Waals surface area contributed by atoms with Gasteiger partial charge in [-0.05, 0) is 35.4 Å². The second-order valence-corrected chi connectivity index (χ2v) is 3.70. The van der Waals surface area contributed by atoms with E-state index < -0.39 is 11.6 Å². The van der Waals surface area contributed by atoms with Crippen LogP contribution in [0.1, 0.15) is 0 Å². The van der Waals surface area contributed by atoms with E-state index in [1.54, 1.807) is 6.07 Å². The van der Waals surface area contributed by atoms with E-state index in [2.05, 4.69) is 0 Å². The molecule has 0 atom stereocenters. The van der Waals surface area contributed by atoms with Crippen molar-refractivity contribution in [3.8, 4) is 16.9 Å². The minimum atomic E-state index is -0.924. The van der Waals surface area contributed by atoms with Crippen molar-refractivity contribution in [3.05, 3.63) is 53.1 Å². The van der Waals surface area contributed by atoms with E-state index in [0.717, 1.165) is 12.1 Å². The van der Waals surface area contributed by atoms with E-state index in [-0.39, 0.29) is 10.8 Å². The Balaban J connectivity index is 2.50. The summed E-state index contributed by atoms with van der Waals surface area (Å²) < 4.78 is 25.7. The standard InChI is InChI=1S/C12H7ClF2O/c13-9-3-1-8(6-12(9)16)7-2-4-10(14)11(15)5-7/h1-6,16H. The molecule has 0 saturated heterocycles. The molecule has 0 amide bonds. The lowest BCUT2D eigenvalue weighted by atomic mass is 10.1. The van der Waals surface area contributed by atoms with Crippen molar-refractivity contribution >= 4 is 11.6 Å². The Morgan fingerprint density at radius 3 is 2.12 bits per heavy atom. The Hall–Kier alpha value is -1.61. The van der Waals surface area contributed by atoms with Crippen LogP contribution in [0.15, 0.2) is 36.4 Å². The van der Waals surface area contributed by atoms with Crippen LogP contribution >= 0.6 is 11.6 Å². The molecule has 2 aromatic carbocycles. The fraction of sp³-hybridized carbons (Fsp3) is 0. The number of rotatable bonds is 1. The van der Waals surface area contributed by atoms with Crippen molar-refractivity contribution in [1.29, 1.82) is 0 Å². The molecule has 2 rings (SSSR count). The molecule has 82 valence electrons. The van der Waals surface area contributed by atoms with E-state index in [1.165, 1.54) is 18.2 Å². The third-order valence-electron chi connectivity index (χ3n) is 2.20. The summed E-state index contributed by atoms with van der Waals surface area (Å²) in [5.41, 5.74) is 1.05. The van der Waals surface area contributed by atoms with Crippen molar-refractivity contribution < 1.29 is 13.9 Å². The van der Waals surface area contributed by atoms with Crippen molar-refractivity contribution in [2.45, 2.75) is 0 Å². The molecule has 0 spiro atoms. The average Bonchev–Trinajstić information content (AvgIpc) is 2.26. The summed E-state index contributed by atoms with van der Waals surface area (Å²) in [6.45, 7) is 0. The van der Waals surface area contributed by atoms with Crippen molar-refractivity contribution in [1.82, 2.24) is 0 Å². The van der Waals surface area contributed by atoms with Crippen LogP contribution < -0.4 is 0 Å². The van der Waals surface area contributed by atoms with Gasteiger partial charge in [0, 0.05) is 0 Å². The highest BCUT2D eigenvalue weighted by Crippen LogP contribution is 2.29. The Morgan fingerprint density at radius 1 is 0.875 bits per heavy atom. The Kier molecular flexibility index (Phi) is 2.79. The summed E-state index contributed by atoms with van der Waals surface area (Å²) in [6.07, 6.45) is 0. The van der Waals surface area contributed by atoms with Gasteiger partial charge >= 0.3 is 0 Å². The van der Waals surface area contributed by atoms with E-state index in [9.17, 15) is 13.9 Å². The van der Waals surface area contributed by atoms with Crippen molar-refractivity contribution in [3.63, 3.8) is 0 Å². The number of benzene rings is 2. The molecule has 0 aliphatic carbocycles. The zero-order chi connectivity index (χ0) is 11.7. The summed E-state index contributed by atoms with van der Waals surface area (Å²) in [7, 11) is 0. The second-order valence-electron chi connectivity index (χ2n) is 3.30. The normalized spacial score (nSPS) is 10.4. The molecule has 0 radical (unpaired) electrons. The Bertz CT molecular complexity index is 491. The predicted octanol–water partition coefficient (Wildman–Crippen LogP) is 3.99. The fourth-order valence-corrected chi connectivity index (χ4v) is 1.49. The number of hydrogen-bond acceptors (Lipinski definition) is 1. The van der Waals surface area contributed by atoms with Crippen LogP contribution in [-0.4, -0.2) is 5.11 Å². The van der Waals surface area contributed by atoms with E-state index in [0.29, 0.717) is 11.1 Å². The molecule has 0 aliphatic rings. The van der Waals surface area contributed by atoms with E-state index in [4.69, 9.17) is 11.6 Å². The maximum atomic E-state index is 13.0. The van der Waals surface area contributed by atoms with Gasteiger partial charge in [0.15, 0.2) is 11.6 Å². The summed E-state index contributed by atoms with van der Waals surface area (Å²) in [5.74, 6) is -1.92. The highest BCUT2D eigenvalue weighted by molar-refractivity contribution is 6.32. The molecular formula is C12H7ClF2O. The van der Waals surface area contributed by atoms with E-state index >= 15 is 0 Å². The molecule has 0 saturated carbocycles. The summed E-state index contributed by atoms with van der Waals surface area (Å²) in [6, 6.07) is 8.05. The van der Waals surface area contributed by atoms with E-state index in [1.807, 2.05) is 0 Å². The molecule has 0 unspecified atom stereocenters. The number of hydrogen-bond donors (Lipinski definition) is 1. The lowest BCUT2D eigenvalue weighted by molar-refractivity contribution is 0.476. The van der Waals surface area contributed by atoms with Crippen LogP contribution in [0.3, 0.4) is 0 Å². The molecule has 2 aromatic rings. The van der Waals surface area contributed by atoms with Crippen LogP contribution in [0.25, 0.3) is 11.1 Å². The highest BCUT2D eigenvalue weighted by atomic mass is 35.5. The summed E-state index contributed by atoms with van der Waals surface area (Å²) >= 11 is 5.64. The van der Waals surface area contributed by atoms with Gasteiger partial charge in [0.1, 0.15) is 5.75 Å². The van der Waals surface area contributed by atoms with Gasteiger partial charge in [-0.1, -0.05) is 23.7 Å². The van der Waals surface area contributed by atoms with Gasteiger partial charge < -0.3 is 5.11 Å². The fourth-order valence-electron chi connectivity index (χ4n) is 1.37. The van der Waals surface area contributed by atoms with Crippen LogP contribution in [0.4, 0.5) is 8.78 Å². The first-order chi connectivity index (χ1) is 7.58. The van der Waals surface area contributed by atoms with Gasteiger partial charge in [-0.2, -0.15) is 0 Å². The van der Waals surface area contributed by atoms with Gasteiger partial charge in [0.2, 0.25) is 0 Å². The minimum absolute atomic E-state index is 0.0936. The first-order valence-electron chi connectivity index (χ1n) is 4.52. The number of halogens is 3. The molecule has 4 heteroatoms. The van der Waals surface area contributed by atoms with Gasteiger partial charge in [-0.3, -0.25) is 0 Å². The first kappa shape index (κ1) is 10.9. The monoisotopic (exact) mass is 240 g/mol. The molecule has 0 heterocycles. The molecule has 0 fully saturated rings. The Labute approximate surface area is 95.9 Å². The van der Waals surface area contributed by atoms with Crippen molar-refractivity contribution in [2.75, 3.05) is 0 Å². The number of aromatic hydroxyl groups is 1. The molecule has 16 heavy (non-hydrogen) atoms. The maximum Gasteiger partial charge on any atom is 0.159 e. The predicted molar refractivity (Wildman–Crippen MR) is 58.5 cm³/mol. The molecule has 0 aromatic heterocycles. The van der Waals surface area contributed by atoms with Gasteiger partial charge in [-0.15, -0.1) is 0 Å². The minimum Gasteiger partial charge on any atom is -0.506 e. The lowest BCUT2D eigenvalue weighted by Crippen LogP contribution is -1.85. The number of phenolic OH excluding ortho intramolecular Hbond substituents is 1. The smallest absolute Gasteiger partial charge is 0.159 e. The summed E-state index contributed by atoms with van der Waals surface area (Å²) in [4.78, 5) is 0. The molecule has 0 aliphatic heterocycles. The highest BCUT2D eigenvalue weighted by Gasteiger charge is 2.06.